The van der Waals surface area contributed by atoms with Gasteiger partial charge in [0.25, 0.3) is 0 Å². The van der Waals surface area contributed by atoms with Gasteiger partial charge in [0.1, 0.15) is 11.6 Å². The predicted molar refractivity (Wildman–Crippen MR) is 96.4 cm³/mol. The summed E-state index contributed by atoms with van der Waals surface area (Å²) in [7, 11) is 0. The van der Waals surface area contributed by atoms with E-state index in [1.807, 2.05) is 31.3 Å². The minimum Gasteiger partial charge on any atom is -0.356 e. The molecule has 0 unspecified atom stereocenters. The minimum absolute atomic E-state index is 0.0432. The van der Waals surface area contributed by atoms with Gasteiger partial charge in [0, 0.05) is 44.5 Å². The molecule has 2 atom stereocenters. The van der Waals surface area contributed by atoms with Crippen LogP contribution < -0.4 is 10.2 Å². The SMILES string of the molecule is Cc1cn2c(n1)CC[C@@H](NC(=O)[C@H]1CCCN(c3ccccn3)C1)C2. The second kappa shape index (κ2) is 6.86. The van der Waals surface area contributed by atoms with Crippen molar-refractivity contribution in [2.24, 2.45) is 5.92 Å². The third-order valence-corrected chi connectivity index (χ3v) is 5.22. The van der Waals surface area contributed by atoms with Crippen LogP contribution in [0.2, 0.25) is 0 Å². The molecule has 2 aromatic rings. The summed E-state index contributed by atoms with van der Waals surface area (Å²) in [4.78, 5) is 24.0. The lowest BCUT2D eigenvalue weighted by molar-refractivity contribution is -0.126. The van der Waals surface area contributed by atoms with Crippen molar-refractivity contribution in [2.45, 2.75) is 45.2 Å². The third-order valence-electron chi connectivity index (χ3n) is 5.22. The highest BCUT2D eigenvalue weighted by molar-refractivity contribution is 5.79. The number of carbonyl (C=O) groups excluding carboxylic acids is 1. The molecule has 0 radical (unpaired) electrons. The Balaban J connectivity index is 1.36. The summed E-state index contributed by atoms with van der Waals surface area (Å²) in [5.74, 6) is 2.34. The van der Waals surface area contributed by atoms with Gasteiger partial charge < -0.3 is 14.8 Å². The van der Waals surface area contributed by atoms with E-state index < -0.39 is 0 Å². The number of fused-ring (bicyclic) bond motifs is 1. The molecule has 6 nitrogen and oxygen atoms in total. The highest BCUT2D eigenvalue weighted by Crippen LogP contribution is 2.22. The van der Waals surface area contributed by atoms with E-state index in [-0.39, 0.29) is 17.9 Å². The van der Waals surface area contributed by atoms with E-state index in [1.165, 1.54) is 0 Å². The Labute approximate surface area is 148 Å². The summed E-state index contributed by atoms with van der Waals surface area (Å²) in [5.41, 5.74) is 1.06. The van der Waals surface area contributed by atoms with Gasteiger partial charge in [0.05, 0.1) is 11.6 Å². The Bertz CT molecular complexity index is 742. The second-order valence-electron chi connectivity index (χ2n) is 7.17. The van der Waals surface area contributed by atoms with Crippen LogP contribution in [0.15, 0.2) is 30.6 Å². The van der Waals surface area contributed by atoms with Gasteiger partial charge in [-0.1, -0.05) is 6.07 Å². The number of nitrogens with one attached hydrogen (secondary N) is 1. The van der Waals surface area contributed by atoms with Crippen LogP contribution in [0.25, 0.3) is 0 Å². The summed E-state index contributed by atoms with van der Waals surface area (Å²) in [5, 5.41) is 3.28. The Morgan fingerprint density at radius 3 is 3.04 bits per heavy atom. The number of anilines is 1. The smallest absolute Gasteiger partial charge is 0.225 e. The van der Waals surface area contributed by atoms with Crippen LogP contribution in [0.3, 0.4) is 0 Å². The van der Waals surface area contributed by atoms with Crippen LogP contribution in [-0.4, -0.2) is 39.6 Å². The molecule has 2 aromatic heterocycles. The van der Waals surface area contributed by atoms with E-state index in [0.717, 1.165) is 62.7 Å². The zero-order valence-electron chi connectivity index (χ0n) is 14.7. The first-order valence-electron chi connectivity index (χ1n) is 9.18. The van der Waals surface area contributed by atoms with Crippen molar-refractivity contribution in [3.63, 3.8) is 0 Å². The molecule has 0 aromatic carbocycles. The number of hydrogen-bond donors (Lipinski definition) is 1. The number of aromatic nitrogens is 3. The molecule has 4 heterocycles. The molecule has 1 amide bonds. The molecule has 1 N–H and O–H groups in total. The average molecular weight is 339 g/mol. The molecule has 132 valence electrons. The largest absolute Gasteiger partial charge is 0.356 e. The zero-order chi connectivity index (χ0) is 17.2. The second-order valence-corrected chi connectivity index (χ2v) is 7.17. The molecule has 2 aliphatic heterocycles. The zero-order valence-corrected chi connectivity index (χ0v) is 14.7. The number of carbonyl (C=O) groups is 1. The molecule has 0 spiro atoms. The first-order chi connectivity index (χ1) is 12.2. The van der Waals surface area contributed by atoms with Crippen molar-refractivity contribution < 1.29 is 4.79 Å². The quantitative estimate of drug-likeness (QED) is 0.928. The Kier molecular flexibility index (Phi) is 4.42. The van der Waals surface area contributed by atoms with Crippen LogP contribution >= 0.6 is 0 Å². The number of hydrogen-bond acceptors (Lipinski definition) is 4. The first-order valence-corrected chi connectivity index (χ1v) is 9.18. The summed E-state index contributed by atoms with van der Waals surface area (Å²) < 4.78 is 2.19. The molecule has 6 heteroatoms. The van der Waals surface area contributed by atoms with Gasteiger partial charge in [-0.25, -0.2) is 9.97 Å². The number of aryl methyl sites for hydroxylation is 2. The average Bonchev–Trinajstić information content (AvgIpc) is 3.02. The van der Waals surface area contributed by atoms with E-state index in [2.05, 4.69) is 30.9 Å². The van der Waals surface area contributed by atoms with Crippen LogP contribution in [0.5, 0.6) is 0 Å². The minimum atomic E-state index is 0.0432. The van der Waals surface area contributed by atoms with Crippen molar-refractivity contribution >= 4 is 11.7 Å². The van der Waals surface area contributed by atoms with Crippen molar-refractivity contribution in [1.29, 1.82) is 0 Å². The van der Waals surface area contributed by atoms with Gasteiger partial charge in [-0.2, -0.15) is 0 Å². The topological polar surface area (TPSA) is 63.1 Å². The number of nitrogens with zero attached hydrogens (tertiary/aromatic N) is 4. The molecule has 1 saturated heterocycles. The number of pyridine rings is 1. The summed E-state index contributed by atoms with van der Waals surface area (Å²) in [6.07, 6.45) is 7.78. The maximum atomic E-state index is 12.8. The van der Waals surface area contributed by atoms with Crippen molar-refractivity contribution in [1.82, 2.24) is 19.9 Å². The maximum Gasteiger partial charge on any atom is 0.225 e. The molecule has 0 aliphatic carbocycles. The van der Waals surface area contributed by atoms with E-state index in [1.54, 1.807) is 0 Å². The third kappa shape index (κ3) is 3.52. The molecule has 0 bridgehead atoms. The standard InChI is InChI=1S/C19H25N5O/c1-14-11-24-13-16(7-8-18(24)21-14)22-19(25)15-5-4-10-23(12-15)17-6-2-3-9-20-17/h2-3,6,9,11,15-16H,4-5,7-8,10,12-13H2,1H3,(H,22,25)/t15-,16+/m0/s1. The molecule has 25 heavy (non-hydrogen) atoms. The van der Waals surface area contributed by atoms with E-state index in [9.17, 15) is 4.79 Å². The van der Waals surface area contributed by atoms with Gasteiger partial charge in [0.2, 0.25) is 5.91 Å². The van der Waals surface area contributed by atoms with Gasteiger partial charge in [-0.15, -0.1) is 0 Å². The van der Waals surface area contributed by atoms with Crippen LogP contribution in [0, 0.1) is 12.8 Å². The van der Waals surface area contributed by atoms with Gasteiger partial charge in [-0.05, 0) is 38.3 Å². The normalized spacial score (nSPS) is 23.2. The summed E-state index contributed by atoms with van der Waals surface area (Å²) in [6, 6.07) is 6.15. The monoisotopic (exact) mass is 339 g/mol. The lowest BCUT2D eigenvalue weighted by atomic mass is 9.96. The molecular formula is C19H25N5O. The fourth-order valence-electron chi connectivity index (χ4n) is 3.96. The molecule has 2 aliphatic rings. The molecular weight excluding hydrogens is 314 g/mol. The highest BCUT2D eigenvalue weighted by Gasteiger charge is 2.29. The van der Waals surface area contributed by atoms with E-state index >= 15 is 0 Å². The van der Waals surface area contributed by atoms with Crippen LogP contribution in [0.4, 0.5) is 5.82 Å². The van der Waals surface area contributed by atoms with Crippen molar-refractivity contribution in [2.75, 3.05) is 18.0 Å². The lowest BCUT2D eigenvalue weighted by Gasteiger charge is -2.34. The first kappa shape index (κ1) is 16.1. The molecule has 0 saturated carbocycles. The Hall–Kier alpha value is -2.37. The molecule has 1 fully saturated rings. The summed E-state index contributed by atoms with van der Waals surface area (Å²) in [6.45, 7) is 4.58. The van der Waals surface area contributed by atoms with Crippen LogP contribution in [-0.2, 0) is 17.8 Å². The number of imidazole rings is 1. The fourth-order valence-corrected chi connectivity index (χ4v) is 3.96. The Morgan fingerprint density at radius 2 is 2.20 bits per heavy atom. The highest BCUT2D eigenvalue weighted by atomic mass is 16.2. The fraction of sp³-hybridized carbons (Fsp3) is 0.526. The van der Waals surface area contributed by atoms with Gasteiger partial charge in [0.15, 0.2) is 0 Å². The van der Waals surface area contributed by atoms with Crippen molar-refractivity contribution in [3.8, 4) is 0 Å². The predicted octanol–water partition coefficient (Wildman–Crippen LogP) is 1.93. The van der Waals surface area contributed by atoms with Crippen molar-refractivity contribution in [3.05, 3.63) is 42.1 Å². The van der Waals surface area contributed by atoms with E-state index in [4.69, 9.17) is 0 Å². The number of amides is 1. The summed E-state index contributed by atoms with van der Waals surface area (Å²) >= 11 is 0. The van der Waals surface area contributed by atoms with E-state index in [0.29, 0.717) is 0 Å². The maximum absolute atomic E-state index is 12.8. The van der Waals surface area contributed by atoms with Gasteiger partial charge >= 0.3 is 0 Å². The number of piperidine rings is 1. The molecule has 4 rings (SSSR count). The van der Waals surface area contributed by atoms with Crippen LogP contribution in [0.1, 0.15) is 30.8 Å². The van der Waals surface area contributed by atoms with Gasteiger partial charge in [-0.3, -0.25) is 4.79 Å². The lowest BCUT2D eigenvalue weighted by Crippen LogP contribution is -2.48. The number of rotatable bonds is 3. The Morgan fingerprint density at radius 1 is 1.28 bits per heavy atom.